The molecule has 2 fully saturated rings. The summed E-state index contributed by atoms with van der Waals surface area (Å²) in [5, 5.41) is 14.5. The Morgan fingerprint density at radius 2 is 2.18 bits per heavy atom. The Balaban J connectivity index is 1.74. The van der Waals surface area contributed by atoms with Crippen LogP contribution in [0.25, 0.3) is 0 Å². The average Bonchev–Trinajstić information content (AvgIpc) is 2.50. The number of pyridine rings is 1. The lowest BCUT2D eigenvalue weighted by Crippen LogP contribution is -2.45. The fourth-order valence-corrected chi connectivity index (χ4v) is 3.89. The van der Waals surface area contributed by atoms with Crippen molar-refractivity contribution >= 4 is 27.4 Å². The van der Waals surface area contributed by atoms with E-state index >= 15 is 0 Å². The number of nitro groups is 1. The van der Waals surface area contributed by atoms with Crippen LogP contribution in [-0.2, 0) is 4.74 Å². The van der Waals surface area contributed by atoms with E-state index < -0.39 is 4.92 Å². The third-order valence-electron chi connectivity index (χ3n) is 4.63. The van der Waals surface area contributed by atoms with E-state index in [2.05, 4.69) is 26.2 Å². The molecule has 1 aromatic heterocycles. The monoisotopic (exact) mass is 369 g/mol. The van der Waals surface area contributed by atoms with Gasteiger partial charge in [0.05, 0.1) is 10.5 Å². The maximum absolute atomic E-state index is 11.2. The number of halogens is 1. The highest BCUT2D eigenvalue weighted by atomic mass is 79.9. The molecule has 1 spiro atoms. The van der Waals surface area contributed by atoms with Crippen molar-refractivity contribution in [2.45, 2.75) is 56.6 Å². The van der Waals surface area contributed by atoms with Gasteiger partial charge in [0, 0.05) is 29.4 Å². The molecule has 1 saturated carbocycles. The second kappa shape index (κ2) is 6.50. The zero-order valence-electron chi connectivity index (χ0n) is 12.4. The summed E-state index contributed by atoms with van der Waals surface area (Å²) in [7, 11) is 0. The summed E-state index contributed by atoms with van der Waals surface area (Å²) >= 11 is 3.23. The average molecular weight is 370 g/mol. The summed E-state index contributed by atoms with van der Waals surface area (Å²) in [6.07, 6.45) is 9.25. The zero-order valence-corrected chi connectivity index (χ0v) is 14.0. The number of nitrogens with one attached hydrogen (secondary N) is 1. The molecule has 0 bridgehead atoms. The molecule has 3 rings (SSSR count). The van der Waals surface area contributed by atoms with Gasteiger partial charge in [0.25, 0.3) is 0 Å². The van der Waals surface area contributed by atoms with Crippen molar-refractivity contribution in [3.8, 4) is 0 Å². The van der Waals surface area contributed by atoms with E-state index in [9.17, 15) is 10.1 Å². The van der Waals surface area contributed by atoms with Gasteiger partial charge in [0.2, 0.25) is 5.82 Å². The molecule has 1 atom stereocenters. The molecule has 1 aliphatic heterocycles. The maximum atomic E-state index is 11.2. The van der Waals surface area contributed by atoms with Crippen molar-refractivity contribution in [2.24, 2.45) is 0 Å². The molecule has 22 heavy (non-hydrogen) atoms. The van der Waals surface area contributed by atoms with Crippen LogP contribution in [-0.4, -0.2) is 28.2 Å². The molecule has 0 aromatic carbocycles. The lowest BCUT2D eigenvalue weighted by molar-refractivity contribution is -0.384. The number of hydrogen-bond acceptors (Lipinski definition) is 5. The van der Waals surface area contributed by atoms with Crippen molar-refractivity contribution < 1.29 is 9.66 Å². The molecule has 2 aliphatic rings. The van der Waals surface area contributed by atoms with Crippen LogP contribution in [0.4, 0.5) is 11.5 Å². The molecule has 1 aromatic rings. The zero-order chi connectivity index (χ0) is 15.6. The third kappa shape index (κ3) is 3.41. The Hall–Kier alpha value is -1.21. The maximum Gasteiger partial charge on any atom is 0.312 e. The van der Waals surface area contributed by atoms with Gasteiger partial charge in [0.15, 0.2) is 0 Å². The van der Waals surface area contributed by atoms with Gasteiger partial charge in [-0.25, -0.2) is 4.98 Å². The largest absolute Gasteiger partial charge is 0.375 e. The van der Waals surface area contributed by atoms with Crippen LogP contribution in [0.5, 0.6) is 0 Å². The summed E-state index contributed by atoms with van der Waals surface area (Å²) in [6.45, 7) is 0.710. The number of ether oxygens (including phenoxy) is 1. The first-order valence-corrected chi connectivity index (χ1v) is 8.58. The van der Waals surface area contributed by atoms with Crippen molar-refractivity contribution in [2.75, 3.05) is 11.9 Å². The van der Waals surface area contributed by atoms with Gasteiger partial charge in [-0.2, -0.15) is 0 Å². The summed E-state index contributed by atoms with van der Waals surface area (Å²) in [5.41, 5.74) is -0.0169. The van der Waals surface area contributed by atoms with Gasteiger partial charge in [-0.1, -0.05) is 19.3 Å². The van der Waals surface area contributed by atoms with E-state index in [1.165, 1.54) is 25.3 Å². The lowest BCUT2D eigenvalue weighted by atomic mass is 9.78. The number of anilines is 1. The molecule has 0 amide bonds. The molecular weight excluding hydrogens is 350 g/mol. The van der Waals surface area contributed by atoms with Crippen molar-refractivity contribution in [1.82, 2.24) is 4.98 Å². The number of hydrogen-bond donors (Lipinski definition) is 1. The smallest absolute Gasteiger partial charge is 0.312 e. The first-order valence-electron chi connectivity index (χ1n) is 7.78. The topological polar surface area (TPSA) is 77.3 Å². The minimum Gasteiger partial charge on any atom is -0.375 e. The van der Waals surface area contributed by atoms with Crippen LogP contribution in [0.3, 0.4) is 0 Å². The molecule has 1 unspecified atom stereocenters. The molecular formula is C15H20BrN3O3. The molecule has 2 heterocycles. The second-order valence-electron chi connectivity index (χ2n) is 6.20. The highest BCUT2D eigenvalue weighted by Gasteiger charge is 2.39. The molecule has 1 N–H and O–H groups in total. The van der Waals surface area contributed by atoms with Gasteiger partial charge in [0.1, 0.15) is 0 Å². The van der Waals surface area contributed by atoms with Crippen LogP contribution in [0.15, 0.2) is 16.7 Å². The molecule has 0 radical (unpaired) electrons. The van der Waals surface area contributed by atoms with E-state index in [4.69, 9.17) is 4.74 Å². The van der Waals surface area contributed by atoms with Crippen LogP contribution < -0.4 is 5.32 Å². The minimum atomic E-state index is -0.393. The van der Waals surface area contributed by atoms with Crippen molar-refractivity contribution in [1.29, 1.82) is 0 Å². The molecule has 7 heteroatoms. The van der Waals surface area contributed by atoms with E-state index in [0.29, 0.717) is 16.9 Å². The summed E-state index contributed by atoms with van der Waals surface area (Å²) in [5.74, 6) is 0.353. The Morgan fingerprint density at radius 1 is 1.41 bits per heavy atom. The lowest BCUT2D eigenvalue weighted by Gasteiger charge is -2.43. The SMILES string of the molecule is O=[N+]([O-])c1cc(Br)cnc1NC1CCOC2(CCCCC2)C1. The molecule has 6 nitrogen and oxygen atoms in total. The highest BCUT2D eigenvalue weighted by molar-refractivity contribution is 9.10. The quantitative estimate of drug-likeness (QED) is 0.642. The van der Waals surface area contributed by atoms with Crippen LogP contribution in [0.2, 0.25) is 0 Å². The first kappa shape index (κ1) is 15.7. The Morgan fingerprint density at radius 3 is 2.91 bits per heavy atom. The normalized spacial score (nSPS) is 24.1. The predicted molar refractivity (Wildman–Crippen MR) is 87.0 cm³/mol. The summed E-state index contributed by atoms with van der Waals surface area (Å²) in [4.78, 5) is 15.0. The molecule has 1 aliphatic carbocycles. The minimum absolute atomic E-state index is 0.0126. The van der Waals surface area contributed by atoms with Crippen molar-refractivity contribution in [3.63, 3.8) is 0 Å². The first-order chi connectivity index (χ1) is 10.6. The fourth-order valence-electron chi connectivity index (χ4n) is 3.57. The van der Waals surface area contributed by atoms with E-state index in [-0.39, 0.29) is 17.3 Å². The molecule has 120 valence electrons. The van der Waals surface area contributed by atoms with Gasteiger partial charge >= 0.3 is 5.69 Å². The predicted octanol–water partition coefficient (Wildman–Crippen LogP) is 4.05. The summed E-state index contributed by atoms with van der Waals surface area (Å²) in [6, 6.07) is 1.67. The number of aromatic nitrogens is 1. The summed E-state index contributed by atoms with van der Waals surface area (Å²) < 4.78 is 6.68. The van der Waals surface area contributed by atoms with E-state index in [1.54, 1.807) is 6.20 Å². The number of rotatable bonds is 3. The second-order valence-corrected chi connectivity index (χ2v) is 7.12. The Kier molecular flexibility index (Phi) is 4.63. The fraction of sp³-hybridized carbons (Fsp3) is 0.667. The van der Waals surface area contributed by atoms with Crippen LogP contribution in [0, 0.1) is 10.1 Å². The van der Waals surface area contributed by atoms with Crippen molar-refractivity contribution in [3.05, 3.63) is 26.9 Å². The Labute approximate surface area is 137 Å². The van der Waals surface area contributed by atoms with E-state index in [0.717, 1.165) is 25.7 Å². The van der Waals surface area contributed by atoms with Gasteiger partial charge in [-0.3, -0.25) is 10.1 Å². The molecule has 1 saturated heterocycles. The van der Waals surface area contributed by atoms with Crippen LogP contribution in [0.1, 0.15) is 44.9 Å². The Bertz CT molecular complexity index is 555. The van der Waals surface area contributed by atoms with E-state index in [1.807, 2.05) is 0 Å². The van der Waals surface area contributed by atoms with Gasteiger partial charge < -0.3 is 10.1 Å². The standard InChI is InChI=1S/C15H20BrN3O3/c16-11-8-13(19(20)21)14(17-10-11)18-12-4-7-22-15(9-12)5-2-1-3-6-15/h8,10,12H,1-7,9H2,(H,17,18). The van der Waals surface area contributed by atoms with Crippen LogP contribution >= 0.6 is 15.9 Å². The highest BCUT2D eigenvalue weighted by Crippen LogP contribution is 2.39. The number of nitrogens with zero attached hydrogens (tertiary/aromatic N) is 2. The third-order valence-corrected chi connectivity index (χ3v) is 5.06. The van der Waals surface area contributed by atoms with Gasteiger partial charge in [-0.15, -0.1) is 0 Å². The van der Waals surface area contributed by atoms with Gasteiger partial charge in [-0.05, 0) is 41.6 Å².